The van der Waals surface area contributed by atoms with E-state index in [4.69, 9.17) is 4.74 Å². The number of ether oxygens (including phenoxy) is 1. The molecule has 0 aliphatic rings. The molecule has 0 saturated heterocycles. The van der Waals surface area contributed by atoms with Gasteiger partial charge < -0.3 is 4.74 Å². The van der Waals surface area contributed by atoms with Crippen LogP contribution in [0.4, 0.5) is 5.00 Å². The highest BCUT2D eigenvalue weighted by Crippen LogP contribution is 2.41. The van der Waals surface area contributed by atoms with Crippen LogP contribution < -0.4 is 4.74 Å². The summed E-state index contributed by atoms with van der Waals surface area (Å²) in [6.07, 6.45) is 1.24. The molecular formula is C16H10N6O3S2. The van der Waals surface area contributed by atoms with Gasteiger partial charge in [0, 0.05) is 5.56 Å². The number of nitro groups is 1. The van der Waals surface area contributed by atoms with Gasteiger partial charge in [-0.05, 0) is 46.9 Å². The molecule has 0 unspecified atom stereocenters. The Balaban J connectivity index is 1.70. The average molecular weight is 398 g/mol. The quantitative estimate of drug-likeness (QED) is 0.379. The number of aromatic nitrogens is 5. The maximum absolute atomic E-state index is 10.9. The Labute approximate surface area is 160 Å². The lowest BCUT2D eigenvalue weighted by molar-refractivity contribution is -0.380. The normalized spacial score (nSPS) is 10.7. The van der Waals surface area contributed by atoms with E-state index in [9.17, 15) is 10.1 Å². The van der Waals surface area contributed by atoms with Gasteiger partial charge in [-0.15, -0.1) is 10.2 Å². The van der Waals surface area contributed by atoms with E-state index in [1.54, 1.807) is 6.07 Å². The van der Waals surface area contributed by atoms with E-state index in [1.165, 1.54) is 18.0 Å². The van der Waals surface area contributed by atoms with Crippen LogP contribution in [0.2, 0.25) is 0 Å². The van der Waals surface area contributed by atoms with Crippen LogP contribution in [0, 0.1) is 10.1 Å². The fourth-order valence-electron chi connectivity index (χ4n) is 2.19. The number of rotatable bonds is 6. The molecule has 2 aromatic heterocycles. The van der Waals surface area contributed by atoms with Crippen molar-refractivity contribution in [3.05, 3.63) is 64.8 Å². The first-order valence-corrected chi connectivity index (χ1v) is 9.21. The highest BCUT2D eigenvalue weighted by atomic mass is 32.2. The smallest absolute Gasteiger partial charge is 0.344 e. The lowest BCUT2D eigenvalue weighted by Crippen LogP contribution is -1.89. The second-order valence-electron chi connectivity index (χ2n) is 5.14. The van der Waals surface area contributed by atoms with Crippen molar-refractivity contribution in [1.82, 2.24) is 25.6 Å². The average Bonchev–Trinajstić information content (AvgIpc) is 3.36. The molecule has 1 N–H and O–H groups in total. The summed E-state index contributed by atoms with van der Waals surface area (Å²) in [6.45, 7) is 0. The first-order valence-electron chi connectivity index (χ1n) is 7.58. The molecule has 0 amide bonds. The van der Waals surface area contributed by atoms with Gasteiger partial charge in [-0.3, -0.25) is 10.1 Å². The van der Waals surface area contributed by atoms with Gasteiger partial charge in [-0.2, -0.15) is 5.21 Å². The first kappa shape index (κ1) is 17.1. The summed E-state index contributed by atoms with van der Waals surface area (Å²) in [6, 6.07) is 14.8. The molecule has 4 aromatic rings. The molecule has 0 bridgehead atoms. The van der Waals surface area contributed by atoms with E-state index in [1.807, 2.05) is 42.5 Å². The molecular weight excluding hydrogens is 388 g/mol. The van der Waals surface area contributed by atoms with Gasteiger partial charge in [0.15, 0.2) is 4.34 Å². The predicted molar refractivity (Wildman–Crippen MR) is 99.0 cm³/mol. The van der Waals surface area contributed by atoms with Crippen LogP contribution in [0.15, 0.2) is 64.0 Å². The Morgan fingerprint density at radius 2 is 2.04 bits per heavy atom. The molecule has 0 spiro atoms. The van der Waals surface area contributed by atoms with Gasteiger partial charge in [0.05, 0.1) is 9.82 Å². The summed E-state index contributed by atoms with van der Waals surface area (Å²) >= 11 is 2.28. The Morgan fingerprint density at radius 3 is 2.74 bits per heavy atom. The molecule has 0 aliphatic carbocycles. The molecule has 2 aromatic carbocycles. The standard InChI is InChI=1S/C16H10N6O3S2/c23-22(24)14-9-17-16(27-14)26-13-8-10(15-18-20-21-19-15)6-7-12(13)25-11-4-2-1-3-5-11/h1-9H,(H,18,19,20,21). The molecule has 0 saturated carbocycles. The van der Waals surface area contributed by atoms with Crippen molar-refractivity contribution in [3.63, 3.8) is 0 Å². The lowest BCUT2D eigenvalue weighted by Gasteiger charge is -2.11. The maximum Gasteiger partial charge on any atom is 0.344 e. The van der Waals surface area contributed by atoms with E-state index in [2.05, 4.69) is 25.6 Å². The molecule has 0 fully saturated rings. The Hall–Kier alpha value is -3.31. The van der Waals surface area contributed by atoms with Crippen molar-refractivity contribution in [2.24, 2.45) is 0 Å². The van der Waals surface area contributed by atoms with Crippen LogP contribution in [0.1, 0.15) is 0 Å². The van der Waals surface area contributed by atoms with E-state index >= 15 is 0 Å². The number of thiazole rings is 1. The van der Waals surface area contributed by atoms with Crippen molar-refractivity contribution < 1.29 is 9.66 Å². The SMILES string of the molecule is O=[N+]([O-])c1cnc(Sc2cc(-c3nn[nH]n3)ccc2Oc2ccccc2)s1. The van der Waals surface area contributed by atoms with Crippen molar-refractivity contribution in [2.75, 3.05) is 0 Å². The summed E-state index contributed by atoms with van der Waals surface area (Å²) in [4.78, 5) is 15.3. The van der Waals surface area contributed by atoms with Gasteiger partial charge in [-0.1, -0.05) is 30.0 Å². The molecule has 2 heterocycles. The first-order chi connectivity index (χ1) is 13.2. The zero-order valence-electron chi connectivity index (χ0n) is 13.5. The van der Waals surface area contributed by atoms with E-state index in [0.29, 0.717) is 21.7 Å². The number of hydrogen-bond acceptors (Lipinski definition) is 9. The van der Waals surface area contributed by atoms with Crippen molar-refractivity contribution >= 4 is 28.1 Å². The summed E-state index contributed by atoms with van der Waals surface area (Å²) in [5, 5.41) is 24.8. The van der Waals surface area contributed by atoms with Crippen LogP contribution >= 0.6 is 23.1 Å². The molecule has 134 valence electrons. The minimum absolute atomic E-state index is 0.0163. The van der Waals surface area contributed by atoms with Gasteiger partial charge in [0.25, 0.3) is 0 Å². The molecule has 9 nitrogen and oxygen atoms in total. The Kier molecular flexibility index (Phi) is 4.77. The highest BCUT2D eigenvalue weighted by molar-refractivity contribution is 8.01. The van der Waals surface area contributed by atoms with E-state index in [-0.39, 0.29) is 5.00 Å². The topological polar surface area (TPSA) is 120 Å². The van der Waals surface area contributed by atoms with Gasteiger partial charge in [0.1, 0.15) is 17.7 Å². The molecule has 11 heteroatoms. The number of benzene rings is 2. The van der Waals surface area contributed by atoms with Crippen molar-refractivity contribution in [1.29, 1.82) is 0 Å². The number of para-hydroxylation sites is 1. The van der Waals surface area contributed by atoms with Gasteiger partial charge >= 0.3 is 5.00 Å². The number of hydrogen-bond donors (Lipinski definition) is 1. The van der Waals surface area contributed by atoms with Crippen molar-refractivity contribution in [2.45, 2.75) is 9.24 Å². The van der Waals surface area contributed by atoms with Crippen LogP contribution in [0.3, 0.4) is 0 Å². The Bertz CT molecular complexity index is 1070. The molecule has 4 rings (SSSR count). The third kappa shape index (κ3) is 3.93. The van der Waals surface area contributed by atoms with Crippen LogP contribution in [-0.2, 0) is 0 Å². The maximum atomic E-state index is 10.9. The van der Waals surface area contributed by atoms with E-state index in [0.717, 1.165) is 21.8 Å². The van der Waals surface area contributed by atoms with Crippen LogP contribution in [0.25, 0.3) is 11.4 Å². The zero-order chi connectivity index (χ0) is 18.6. The number of tetrazole rings is 1. The molecule has 0 radical (unpaired) electrons. The molecule has 0 atom stereocenters. The fraction of sp³-hybridized carbons (Fsp3) is 0. The summed E-state index contributed by atoms with van der Waals surface area (Å²) in [7, 11) is 0. The lowest BCUT2D eigenvalue weighted by atomic mass is 10.2. The summed E-state index contributed by atoms with van der Waals surface area (Å²) in [5.74, 6) is 1.71. The number of nitrogens with one attached hydrogen (secondary N) is 1. The predicted octanol–water partition coefficient (Wildman–Crippen LogP) is 4.17. The zero-order valence-corrected chi connectivity index (χ0v) is 15.1. The second-order valence-corrected chi connectivity index (χ2v) is 7.43. The van der Waals surface area contributed by atoms with Gasteiger partial charge in [0.2, 0.25) is 5.82 Å². The third-order valence-electron chi connectivity index (χ3n) is 3.37. The molecule has 0 aliphatic heterocycles. The van der Waals surface area contributed by atoms with Crippen LogP contribution in [-0.4, -0.2) is 30.5 Å². The minimum Gasteiger partial charge on any atom is -0.456 e. The molecule has 27 heavy (non-hydrogen) atoms. The number of aromatic amines is 1. The number of nitrogens with zero attached hydrogens (tertiary/aromatic N) is 5. The van der Waals surface area contributed by atoms with Gasteiger partial charge in [-0.25, -0.2) is 4.98 Å². The van der Waals surface area contributed by atoms with Crippen LogP contribution in [0.5, 0.6) is 11.5 Å². The Morgan fingerprint density at radius 1 is 1.19 bits per heavy atom. The third-order valence-corrected chi connectivity index (χ3v) is 5.43. The fourth-order valence-corrected chi connectivity index (χ4v) is 4.03. The van der Waals surface area contributed by atoms with E-state index < -0.39 is 4.92 Å². The summed E-state index contributed by atoms with van der Waals surface area (Å²) in [5.41, 5.74) is 0.734. The minimum atomic E-state index is -0.459. The largest absolute Gasteiger partial charge is 0.456 e. The number of H-pyrrole nitrogens is 1. The summed E-state index contributed by atoms with van der Waals surface area (Å²) < 4.78 is 6.50. The second kappa shape index (κ2) is 7.51. The highest BCUT2D eigenvalue weighted by Gasteiger charge is 2.16. The monoisotopic (exact) mass is 398 g/mol. The van der Waals surface area contributed by atoms with Crippen molar-refractivity contribution in [3.8, 4) is 22.9 Å².